The van der Waals surface area contributed by atoms with Crippen molar-refractivity contribution >= 4 is 12.2 Å². The molecule has 0 atom stereocenters. The standard InChI is InChI=1S/C17H16FNO3/c1-19(10-13-6-8-15(18)9-7-13)17(21)12-22-16-5-3-2-4-14(16)11-20/h2-9,11H,10,12H2,1H3. The number of hydrogen-bond donors (Lipinski definition) is 0. The van der Waals surface area contributed by atoms with Crippen LogP contribution in [0, 0.1) is 5.82 Å². The van der Waals surface area contributed by atoms with Gasteiger partial charge in [0.2, 0.25) is 0 Å². The molecule has 0 saturated heterocycles. The molecule has 0 bridgehead atoms. The van der Waals surface area contributed by atoms with Gasteiger partial charge in [-0.05, 0) is 29.8 Å². The first kappa shape index (κ1) is 15.7. The van der Waals surface area contributed by atoms with Crippen molar-refractivity contribution in [2.24, 2.45) is 0 Å². The van der Waals surface area contributed by atoms with E-state index in [9.17, 15) is 14.0 Å². The molecule has 0 heterocycles. The Labute approximate surface area is 128 Å². The van der Waals surface area contributed by atoms with Crippen LogP contribution in [-0.4, -0.2) is 30.7 Å². The molecule has 22 heavy (non-hydrogen) atoms. The van der Waals surface area contributed by atoms with Crippen molar-refractivity contribution in [1.29, 1.82) is 0 Å². The van der Waals surface area contributed by atoms with Gasteiger partial charge in [-0.2, -0.15) is 0 Å². The fraction of sp³-hybridized carbons (Fsp3) is 0.176. The molecule has 2 aromatic rings. The Hall–Kier alpha value is -2.69. The minimum Gasteiger partial charge on any atom is -0.483 e. The summed E-state index contributed by atoms with van der Waals surface area (Å²) in [6.07, 6.45) is 0.683. The molecule has 0 aliphatic carbocycles. The molecule has 0 aliphatic heterocycles. The van der Waals surface area contributed by atoms with E-state index in [2.05, 4.69) is 0 Å². The Morgan fingerprint density at radius 2 is 1.86 bits per heavy atom. The van der Waals surface area contributed by atoms with E-state index < -0.39 is 0 Å². The first-order valence-corrected chi connectivity index (χ1v) is 6.75. The highest BCUT2D eigenvalue weighted by Gasteiger charge is 2.11. The third kappa shape index (κ3) is 4.15. The number of nitrogens with zero attached hydrogens (tertiary/aromatic N) is 1. The second-order valence-corrected chi connectivity index (χ2v) is 4.82. The summed E-state index contributed by atoms with van der Waals surface area (Å²) >= 11 is 0. The highest BCUT2D eigenvalue weighted by Crippen LogP contribution is 2.15. The van der Waals surface area contributed by atoms with E-state index in [0.29, 0.717) is 24.1 Å². The van der Waals surface area contributed by atoms with Crippen LogP contribution in [0.15, 0.2) is 48.5 Å². The molecule has 0 unspecified atom stereocenters. The molecule has 4 nitrogen and oxygen atoms in total. The maximum absolute atomic E-state index is 12.8. The zero-order valence-corrected chi connectivity index (χ0v) is 12.2. The smallest absolute Gasteiger partial charge is 0.260 e. The lowest BCUT2D eigenvalue weighted by Crippen LogP contribution is -2.31. The van der Waals surface area contributed by atoms with Gasteiger partial charge in [-0.3, -0.25) is 9.59 Å². The largest absolute Gasteiger partial charge is 0.483 e. The van der Waals surface area contributed by atoms with Crippen LogP contribution < -0.4 is 4.74 Å². The second-order valence-electron chi connectivity index (χ2n) is 4.82. The van der Waals surface area contributed by atoms with Crippen LogP contribution in [0.5, 0.6) is 5.75 Å². The van der Waals surface area contributed by atoms with Crippen molar-refractivity contribution in [2.45, 2.75) is 6.54 Å². The second kappa shape index (κ2) is 7.36. The van der Waals surface area contributed by atoms with E-state index in [1.807, 2.05) is 0 Å². The molecule has 5 heteroatoms. The van der Waals surface area contributed by atoms with Crippen LogP contribution >= 0.6 is 0 Å². The monoisotopic (exact) mass is 301 g/mol. The Balaban J connectivity index is 1.91. The zero-order chi connectivity index (χ0) is 15.9. The van der Waals surface area contributed by atoms with Gasteiger partial charge in [0.1, 0.15) is 11.6 Å². The first-order chi connectivity index (χ1) is 10.6. The normalized spacial score (nSPS) is 10.1. The van der Waals surface area contributed by atoms with E-state index in [4.69, 9.17) is 4.74 Å². The summed E-state index contributed by atoms with van der Waals surface area (Å²) in [6.45, 7) is 0.195. The van der Waals surface area contributed by atoms with Crippen LogP contribution in [0.3, 0.4) is 0 Å². The zero-order valence-electron chi connectivity index (χ0n) is 12.2. The summed E-state index contributed by atoms with van der Waals surface area (Å²) in [6, 6.07) is 12.7. The van der Waals surface area contributed by atoms with Crippen LogP contribution in [0.1, 0.15) is 15.9 Å². The van der Waals surface area contributed by atoms with Gasteiger partial charge in [0.25, 0.3) is 5.91 Å². The van der Waals surface area contributed by atoms with Crippen molar-refractivity contribution in [3.8, 4) is 5.75 Å². The van der Waals surface area contributed by atoms with Crippen LogP contribution in [0.25, 0.3) is 0 Å². The van der Waals surface area contributed by atoms with Gasteiger partial charge in [-0.1, -0.05) is 24.3 Å². The Kier molecular flexibility index (Phi) is 5.25. The van der Waals surface area contributed by atoms with Crippen molar-refractivity contribution in [1.82, 2.24) is 4.90 Å². The number of ether oxygens (including phenoxy) is 1. The van der Waals surface area contributed by atoms with Gasteiger partial charge in [0.15, 0.2) is 12.9 Å². The summed E-state index contributed by atoms with van der Waals surface area (Å²) in [4.78, 5) is 24.4. The Bertz CT molecular complexity index is 655. The van der Waals surface area contributed by atoms with E-state index >= 15 is 0 Å². The van der Waals surface area contributed by atoms with Gasteiger partial charge in [0, 0.05) is 13.6 Å². The molecule has 0 spiro atoms. The molecular weight excluding hydrogens is 285 g/mol. The summed E-state index contributed by atoms with van der Waals surface area (Å²) < 4.78 is 18.2. The quantitative estimate of drug-likeness (QED) is 0.771. The minimum absolute atomic E-state index is 0.164. The molecule has 0 aromatic heterocycles. The highest BCUT2D eigenvalue weighted by atomic mass is 19.1. The fourth-order valence-electron chi connectivity index (χ4n) is 1.91. The molecule has 0 N–H and O–H groups in total. The number of amides is 1. The third-order valence-electron chi connectivity index (χ3n) is 3.16. The van der Waals surface area contributed by atoms with Crippen molar-refractivity contribution in [2.75, 3.05) is 13.7 Å². The van der Waals surface area contributed by atoms with Crippen molar-refractivity contribution in [3.05, 3.63) is 65.5 Å². The molecule has 0 aliphatic rings. The molecule has 0 radical (unpaired) electrons. The number of aldehydes is 1. The number of hydrogen-bond acceptors (Lipinski definition) is 3. The maximum Gasteiger partial charge on any atom is 0.260 e. The van der Waals surface area contributed by atoms with E-state index in [1.54, 1.807) is 43.4 Å². The first-order valence-electron chi connectivity index (χ1n) is 6.75. The number of carbonyl (C=O) groups excluding carboxylic acids is 2. The highest BCUT2D eigenvalue weighted by molar-refractivity contribution is 5.80. The maximum atomic E-state index is 12.8. The lowest BCUT2D eigenvalue weighted by molar-refractivity contribution is -0.132. The van der Waals surface area contributed by atoms with Crippen LogP contribution in [-0.2, 0) is 11.3 Å². The van der Waals surface area contributed by atoms with Crippen LogP contribution in [0.2, 0.25) is 0 Å². The van der Waals surface area contributed by atoms with Crippen LogP contribution in [0.4, 0.5) is 4.39 Å². The number of likely N-dealkylation sites (N-methyl/N-ethyl adjacent to an activating group) is 1. The van der Waals surface area contributed by atoms with Gasteiger partial charge < -0.3 is 9.64 Å². The van der Waals surface area contributed by atoms with E-state index in [1.165, 1.54) is 17.0 Å². The number of carbonyl (C=O) groups is 2. The van der Waals surface area contributed by atoms with Gasteiger partial charge in [-0.15, -0.1) is 0 Å². The Morgan fingerprint density at radius 1 is 1.18 bits per heavy atom. The molecular formula is C17H16FNO3. The number of rotatable bonds is 6. The SMILES string of the molecule is CN(Cc1ccc(F)cc1)C(=O)COc1ccccc1C=O. The predicted molar refractivity (Wildman–Crippen MR) is 80.2 cm³/mol. The van der Waals surface area contributed by atoms with E-state index in [-0.39, 0.29) is 18.3 Å². The number of benzene rings is 2. The topological polar surface area (TPSA) is 46.6 Å². The number of halogens is 1. The lowest BCUT2D eigenvalue weighted by Gasteiger charge is -2.18. The summed E-state index contributed by atoms with van der Waals surface area (Å²) in [7, 11) is 1.64. The molecule has 2 rings (SSSR count). The average Bonchev–Trinajstić information content (AvgIpc) is 2.54. The van der Waals surface area contributed by atoms with Gasteiger partial charge in [0.05, 0.1) is 5.56 Å². The van der Waals surface area contributed by atoms with Gasteiger partial charge >= 0.3 is 0 Å². The van der Waals surface area contributed by atoms with E-state index in [0.717, 1.165) is 5.56 Å². The average molecular weight is 301 g/mol. The summed E-state index contributed by atoms with van der Waals surface area (Å²) in [5.41, 5.74) is 1.22. The lowest BCUT2D eigenvalue weighted by atomic mass is 10.2. The molecule has 2 aromatic carbocycles. The Morgan fingerprint density at radius 3 is 2.55 bits per heavy atom. The van der Waals surface area contributed by atoms with Crippen molar-refractivity contribution in [3.63, 3.8) is 0 Å². The van der Waals surface area contributed by atoms with Gasteiger partial charge in [-0.25, -0.2) is 4.39 Å². The number of para-hydroxylation sites is 1. The molecule has 1 amide bonds. The summed E-state index contributed by atoms with van der Waals surface area (Å²) in [5.74, 6) is -0.169. The predicted octanol–water partition coefficient (Wildman–Crippen LogP) is 2.68. The molecule has 0 fully saturated rings. The van der Waals surface area contributed by atoms with Crippen molar-refractivity contribution < 1.29 is 18.7 Å². The molecule has 114 valence electrons. The summed E-state index contributed by atoms with van der Waals surface area (Å²) in [5, 5.41) is 0. The third-order valence-corrected chi connectivity index (χ3v) is 3.16. The molecule has 0 saturated carbocycles. The fourth-order valence-corrected chi connectivity index (χ4v) is 1.91. The minimum atomic E-state index is -0.313.